The number of aromatic nitrogens is 2. The first-order valence-electron chi connectivity index (χ1n) is 11.1. The van der Waals surface area contributed by atoms with Gasteiger partial charge in [0.1, 0.15) is 18.2 Å². The molecule has 0 saturated carbocycles. The summed E-state index contributed by atoms with van der Waals surface area (Å²) in [7, 11) is 0. The summed E-state index contributed by atoms with van der Waals surface area (Å²) in [5.41, 5.74) is 1.46. The van der Waals surface area contributed by atoms with Crippen molar-refractivity contribution in [2.75, 3.05) is 6.54 Å². The minimum Gasteiger partial charge on any atom is -0.445 e. The third kappa shape index (κ3) is 5.36. The molecule has 2 amide bonds. The van der Waals surface area contributed by atoms with Gasteiger partial charge in [0.15, 0.2) is 0 Å². The van der Waals surface area contributed by atoms with E-state index in [4.69, 9.17) is 9.47 Å². The molecule has 1 N–H and O–H groups in total. The summed E-state index contributed by atoms with van der Waals surface area (Å²) in [5, 5.41) is 3.42. The number of fused-ring (bicyclic) bond motifs is 1. The third-order valence-electron chi connectivity index (χ3n) is 5.41. The maximum Gasteiger partial charge on any atom is 0.419 e. The lowest BCUT2D eigenvalue weighted by Gasteiger charge is -2.22. The first kappa shape index (κ1) is 23.3. The lowest BCUT2D eigenvalue weighted by atomic mass is 10.2. The van der Waals surface area contributed by atoms with Crippen LogP contribution in [0.25, 0.3) is 10.9 Å². The zero-order chi connectivity index (χ0) is 24.3. The summed E-state index contributed by atoms with van der Waals surface area (Å²) in [5.74, 6) is -0.226. The number of pyridine rings is 1. The van der Waals surface area contributed by atoms with Gasteiger partial charge in [0, 0.05) is 30.0 Å². The van der Waals surface area contributed by atoms with Crippen LogP contribution >= 0.6 is 0 Å². The van der Waals surface area contributed by atoms with Crippen molar-refractivity contribution in [3.63, 3.8) is 0 Å². The Morgan fingerprint density at radius 3 is 2.68 bits per heavy atom. The lowest BCUT2D eigenvalue weighted by molar-refractivity contribution is -0.129. The molecule has 1 atom stereocenters. The summed E-state index contributed by atoms with van der Waals surface area (Å²) in [6.07, 6.45) is 2.56. The third-order valence-corrected chi connectivity index (χ3v) is 5.41. The number of likely N-dealkylation sites (tertiary alicyclic amines) is 1. The summed E-state index contributed by atoms with van der Waals surface area (Å²) < 4.78 is 12.3. The van der Waals surface area contributed by atoms with Gasteiger partial charge in [0.05, 0.1) is 12.1 Å². The smallest absolute Gasteiger partial charge is 0.419 e. The summed E-state index contributed by atoms with van der Waals surface area (Å²) >= 11 is 0. The SMILES string of the molecule is CC(C)(C)OC(=O)n1c(CN2CCC(NC(=O)OCc3ccccc3)C2=O)cc2cnccc21. The van der Waals surface area contributed by atoms with E-state index in [0.29, 0.717) is 24.2 Å². The van der Waals surface area contributed by atoms with Crippen LogP contribution < -0.4 is 5.32 Å². The number of benzene rings is 1. The Bertz CT molecular complexity index is 1200. The Morgan fingerprint density at radius 1 is 1.18 bits per heavy atom. The molecule has 3 heterocycles. The molecular formula is C25H28N4O5. The second-order valence-corrected chi connectivity index (χ2v) is 9.19. The highest BCUT2D eigenvalue weighted by Crippen LogP contribution is 2.24. The number of alkyl carbamates (subject to hydrolysis) is 1. The van der Waals surface area contributed by atoms with E-state index < -0.39 is 23.8 Å². The number of carbonyl (C=O) groups excluding carboxylic acids is 3. The Hall–Kier alpha value is -3.88. The van der Waals surface area contributed by atoms with E-state index in [-0.39, 0.29) is 19.1 Å². The average Bonchev–Trinajstić information content (AvgIpc) is 3.32. The van der Waals surface area contributed by atoms with Gasteiger partial charge < -0.3 is 19.7 Å². The van der Waals surface area contributed by atoms with Gasteiger partial charge in [-0.05, 0) is 44.9 Å². The zero-order valence-electron chi connectivity index (χ0n) is 19.5. The number of hydrogen-bond acceptors (Lipinski definition) is 6. The monoisotopic (exact) mass is 464 g/mol. The van der Waals surface area contributed by atoms with Crippen molar-refractivity contribution in [3.8, 4) is 0 Å². The van der Waals surface area contributed by atoms with Crippen LogP contribution in [-0.4, -0.2) is 50.7 Å². The molecule has 1 unspecified atom stereocenters. The summed E-state index contributed by atoms with van der Waals surface area (Å²) in [6.45, 7) is 6.17. The molecule has 1 aromatic carbocycles. The van der Waals surface area contributed by atoms with Crippen molar-refractivity contribution >= 4 is 29.0 Å². The van der Waals surface area contributed by atoms with E-state index >= 15 is 0 Å². The molecule has 34 heavy (non-hydrogen) atoms. The molecule has 2 aromatic heterocycles. The Balaban J connectivity index is 1.43. The quantitative estimate of drug-likeness (QED) is 0.615. The molecule has 0 spiro atoms. The van der Waals surface area contributed by atoms with Crippen LogP contribution in [-0.2, 0) is 27.4 Å². The molecule has 178 valence electrons. The van der Waals surface area contributed by atoms with Crippen LogP contribution in [0.5, 0.6) is 0 Å². The summed E-state index contributed by atoms with van der Waals surface area (Å²) in [6, 6.07) is 12.2. The van der Waals surface area contributed by atoms with E-state index in [0.717, 1.165) is 10.9 Å². The number of hydrogen-bond donors (Lipinski definition) is 1. The number of rotatable bonds is 5. The number of ether oxygens (including phenoxy) is 2. The largest absolute Gasteiger partial charge is 0.445 e. The fraction of sp³-hybridized carbons (Fsp3) is 0.360. The van der Waals surface area contributed by atoms with Crippen molar-refractivity contribution in [1.29, 1.82) is 0 Å². The van der Waals surface area contributed by atoms with Gasteiger partial charge in [0.25, 0.3) is 0 Å². The van der Waals surface area contributed by atoms with Crippen molar-refractivity contribution in [2.45, 2.75) is 52.0 Å². The van der Waals surface area contributed by atoms with Gasteiger partial charge >= 0.3 is 12.2 Å². The molecule has 1 fully saturated rings. The maximum atomic E-state index is 13.0. The minimum atomic E-state index is -0.677. The highest BCUT2D eigenvalue weighted by atomic mass is 16.6. The highest BCUT2D eigenvalue weighted by molar-refractivity contribution is 5.91. The van der Waals surface area contributed by atoms with Gasteiger partial charge in [-0.2, -0.15) is 0 Å². The van der Waals surface area contributed by atoms with E-state index in [9.17, 15) is 14.4 Å². The molecule has 4 rings (SSSR count). The standard InChI is InChI=1S/C25H28N4O5/c1-25(2,3)34-24(32)29-19(13-18-14-26-11-9-21(18)29)15-28-12-10-20(22(28)30)27-23(31)33-16-17-7-5-4-6-8-17/h4-9,11,13-14,20H,10,12,15-16H2,1-3H3,(H,27,31). The summed E-state index contributed by atoms with van der Waals surface area (Å²) in [4.78, 5) is 43.9. The van der Waals surface area contributed by atoms with Gasteiger partial charge in [-0.3, -0.25) is 9.78 Å². The van der Waals surface area contributed by atoms with Crippen molar-refractivity contribution in [3.05, 3.63) is 66.1 Å². The van der Waals surface area contributed by atoms with Gasteiger partial charge in [0.2, 0.25) is 5.91 Å². The average molecular weight is 465 g/mol. The molecule has 9 heteroatoms. The number of amides is 2. The molecule has 3 aromatic rings. The van der Waals surface area contributed by atoms with Crippen LogP contribution in [0.4, 0.5) is 9.59 Å². The minimum absolute atomic E-state index is 0.126. The van der Waals surface area contributed by atoms with Crippen LogP contribution in [0.1, 0.15) is 38.4 Å². The first-order valence-corrected chi connectivity index (χ1v) is 11.1. The predicted octanol–water partition coefficient (Wildman–Crippen LogP) is 3.85. The zero-order valence-corrected chi connectivity index (χ0v) is 19.5. The molecule has 0 aliphatic carbocycles. The van der Waals surface area contributed by atoms with Crippen molar-refractivity contribution in [1.82, 2.24) is 19.8 Å². The fourth-order valence-corrected chi connectivity index (χ4v) is 3.88. The van der Waals surface area contributed by atoms with Crippen LogP contribution in [0.3, 0.4) is 0 Å². The molecule has 9 nitrogen and oxygen atoms in total. The maximum absolute atomic E-state index is 13.0. The molecule has 1 aliphatic heterocycles. The predicted molar refractivity (Wildman–Crippen MR) is 125 cm³/mol. The molecule has 0 radical (unpaired) electrons. The number of nitrogens with one attached hydrogen (secondary N) is 1. The van der Waals surface area contributed by atoms with Crippen LogP contribution in [0.15, 0.2) is 54.9 Å². The number of carbonyl (C=O) groups is 3. The van der Waals surface area contributed by atoms with E-state index in [1.807, 2.05) is 36.4 Å². The second-order valence-electron chi connectivity index (χ2n) is 9.19. The van der Waals surface area contributed by atoms with Gasteiger partial charge in [-0.25, -0.2) is 14.2 Å². The van der Waals surface area contributed by atoms with E-state index in [1.165, 1.54) is 4.57 Å². The Morgan fingerprint density at radius 2 is 1.94 bits per heavy atom. The lowest BCUT2D eigenvalue weighted by Crippen LogP contribution is -2.41. The fourth-order valence-electron chi connectivity index (χ4n) is 3.88. The number of nitrogens with zero attached hydrogens (tertiary/aromatic N) is 3. The van der Waals surface area contributed by atoms with Gasteiger partial charge in [-0.1, -0.05) is 30.3 Å². The molecule has 0 bridgehead atoms. The normalized spacial score (nSPS) is 16.0. The van der Waals surface area contributed by atoms with Crippen LogP contribution in [0, 0.1) is 0 Å². The van der Waals surface area contributed by atoms with Crippen molar-refractivity contribution in [2.24, 2.45) is 0 Å². The van der Waals surface area contributed by atoms with E-state index in [1.54, 1.807) is 44.1 Å². The Kier molecular flexibility index (Phi) is 6.54. The molecule has 1 aliphatic rings. The van der Waals surface area contributed by atoms with Crippen LogP contribution in [0.2, 0.25) is 0 Å². The molecule has 1 saturated heterocycles. The molecular weight excluding hydrogens is 436 g/mol. The van der Waals surface area contributed by atoms with Crippen molar-refractivity contribution < 1.29 is 23.9 Å². The highest BCUT2D eigenvalue weighted by Gasteiger charge is 2.34. The first-order chi connectivity index (χ1) is 16.2. The second kappa shape index (κ2) is 9.54. The topological polar surface area (TPSA) is 103 Å². The Labute approximate surface area is 197 Å². The van der Waals surface area contributed by atoms with Gasteiger partial charge in [-0.15, -0.1) is 0 Å². The van der Waals surface area contributed by atoms with E-state index in [2.05, 4.69) is 10.3 Å².